The van der Waals surface area contributed by atoms with E-state index in [1.54, 1.807) is 0 Å². The highest BCUT2D eigenvalue weighted by Crippen LogP contribution is 2.18. The Morgan fingerprint density at radius 2 is 0.419 bits per heavy atom. The van der Waals surface area contributed by atoms with Gasteiger partial charge >= 0.3 is 0 Å². The van der Waals surface area contributed by atoms with Crippen molar-refractivity contribution in [2.45, 2.75) is 267 Å². The maximum Gasteiger partial charge on any atom is -0.0443 e. The average Bonchev–Trinajstić information content (AvgIpc) is 3.00. The molecule has 0 aliphatic rings. The SMILES string of the molecule is CCCCCCCCC.CCCCCCCCCC(C)CCCCCCCC.CCCCCCCCCCCCC(C)C. The third-order valence-corrected chi connectivity index (χ3v) is 9.19. The Morgan fingerprint density at radius 3 is 0.628 bits per heavy atom. The zero-order chi connectivity index (χ0) is 32.5. The molecule has 0 aromatic heterocycles. The molecule has 0 aliphatic heterocycles. The highest BCUT2D eigenvalue weighted by atomic mass is 14.1. The summed E-state index contributed by atoms with van der Waals surface area (Å²) in [5, 5.41) is 0. The molecule has 1 atom stereocenters. The third-order valence-electron chi connectivity index (χ3n) is 9.19. The van der Waals surface area contributed by atoms with Gasteiger partial charge in [-0.05, 0) is 11.8 Å². The van der Waals surface area contributed by atoms with Crippen molar-refractivity contribution in [3.63, 3.8) is 0 Å². The molecule has 0 bridgehead atoms. The van der Waals surface area contributed by atoms with E-state index in [4.69, 9.17) is 0 Å². The largest absolute Gasteiger partial charge is 0.0654 e. The first kappa shape index (κ1) is 47.4. The van der Waals surface area contributed by atoms with Crippen molar-refractivity contribution in [1.29, 1.82) is 0 Å². The molecule has 43 heavy (non-hydrogen) atoms. The van der Waals surface area contributed by atoms with Crippen LogP contribution in [0.1, 0.15) is 267 Å². The fraction of sp³-hybridized carbons (Fsp3) is 1.00. The van der Waals surface area contributed by atoms with Gasteiger partial charge in [0.15, 0.2) is 0 Å². The van der Waals surface area contributed by atoms with Crippen LogP contribution < -0.4 is 0 Å². The van der Waals surface area contributed by atoms with E-state index in [0.717, 1.165) is 11.8 Å². The lowest BCUT2D eigenvalue weighted by molar-refractivity contribution is 0.431. The average molecular weight is 609 g/mol. The summed E-state index contributed by atoms with van der Waals surface area (Å²) in [6.45, 7) is 18.5. The monoisotopic (exact) mass is 609 g/mol. The zero-order valence-electron chi connectivity index (χ0n) is 32.5. The number of unbranched alkanes of at least 4 members (excludes halogenated alkanes) is 26. The third kappa shape index (κ3) is 54.9. The molecule has 264 valence electrons. The summed E-state index contributed by atoms with van der Waals surface area (Å²) < 4.78 is 0. The Balaban J connectivity index is -0.000000594. The Kier molecular flexibility index (Phi) is 51.2. The predicted molar refractivity (Wildman–Crippen MR) is 205 cm³/mol. The van der Waals surface area contributed by atoms with Gasteiger partial charge in [0, 0.05) is 0 Å². The van der Waals surface area contributed by atoms with Crippen LogP contribution in [0, 0.1) is 11.8 Å². The highest BCUT2D eigenvalue weighted by Gasteiger charge is 2.02. The van der Waals surface area contributed by atoms with Crippen LogP contribution in [0.15, 0.2) is 0 Å². The van der Waals surface area contributed by atoms with E-state index in [1.807, 2.05) is 0 Å². The van der Waals surface area contributed by atoms with Gasteiger partial charge in [0.2, 0.25) is 0 Å². The van der Waals surface area contributed by atoms with Crippen LogP contribution in [0.3, 0.4) is 0 Å². The molecule has 0 fully saturated rings. The molecule has 0 aromatic rings. The van der Waals surface area contributed by atoms with Crippen LogP contribution in [0.5, 0.6) is 0 Å². The maximum absolute atomic E-state index is 2.46. The maximum atomic E-state index is 2.46. The summed E-state index contributed by atoms with van der Waals surface area (Å²) in [5.74, 6) is 1.88. The molecule has 0 amide bonds. The van der Waals surface area contributed by atoms with Gasteiger partial charge < -0.3 is 0 Å². The molecular formula is C43H92. The first-order valence-electron chi connectivity index (χ1n) is 21.0. The van der Waals surface area contributed by atoms with Gasteiger partial charge in [-0.25, -0.2) is 0 Å². The number of hydrogen-bond acceptors (Lipinski definition) is 0. The summed E-state index contributed by atoms with van der Waals surface area (Å²) in [4.78, 5) is 0. The normalized spacial score (nSPS) is 11.7. The van der Waals surface area contributed by atoms with E-state index in [0.29, 0.717) is 0 Å². The molecule has 0 aliphatic carbocycles. The van der Waals surface area contributed by atoms with Crippen molar-refractivity contribution < 1.29 is 0 Å². The Bertz CT molecular complexity index is 404. The summed E-state index contributed by atoms with van der Waals surface area (Å²) in [7, 11) is 0. The molecule has 0 heterocycles. The summed E-state index contributed by atoms with van der Waals surface area (Å²) in [6.07, 6.45) is 47.8. The van der Waals surface area contributed by atoms with E-state index in [9.17, 15) is 0 Å². The van der Waals surface area contributed by atoms with Crippen LogP contribution in [0.4, 0.5) is 0 Å². The van der Waals surface area contributed by atoms with Crippen LogP contribution in [0.25, 0.3) is 0 Å². The van der Waals surface area contributed by atoms with Gasteiger partial charge in [-0.3, -0.25) is 0 Å². The van der Waals surface area contributed by atoms with Gasteiger partial charge in [0.05, 0.1) is 0 Å². The molecule has 0 saturated heterocycles. The smallest absolute Gasteiger partial charge is 0.0443 e. The lowest BCUT2D eigenvalue weighted by atomic mass is 9.96. The van der Waals surface area contributed by atoms with E-state index >= 15 is 0 Å². The van der Waals surface area contributed by atoms with E-state index < -0.39 is 0 Å². The van der Waals surface area contributed by atoms with Gasteiger partial charge in [-0.15, -0.1) is 0 Å². The second-order valence-electron chi connectivity index (χ2n) is 14.7. The van der Waals surface area contributed by atoms with Crippen LogP contribution in [0.2, 0.25) is 0 Å². The van der Waals surface area contributed by atoms with Crippen molar-refractivity contribution >= 4 is 0 Å². The fourth-order valence-electron chi connectivity index (χ4n) is 5.94. The lowest BCUT2D eigenvalue weighted by Crippen LogP contribution is -1.95. The number of hydrogen-bond donors (Lipinski definition) is 0. The van der Waals surface area contributed by atoms with Crippen LogP contribution in [-0.4, -0.2) is 0 Å². The molecule has 0 radical (unpaired) electrons. The van der Waals surface area contributed by atoms with E-state index in [1.165, 1.54) is 212 Å². The first-order valence-corrected chi connectivity index (χ1v) is 21.0. The second-order valence-corrected chi connectivity index (χ2v) is 14.7. The van der Waals surface area contributed by atoms with Gasteiger partial charge in [-0.1, -0.05) is 267 Å². The van der Waals surface area contributed by atoms with Crippen molar-refractivity contribution in [2.75, 3.05) is 0 Å². The predicted octanol–water partition coefficient (Wildman–Crippen LogP) is 17.2. The van der Waals surface area contributed by atoms with E-state index in [2.05, 4.69) is 55.4 Å². The second kappa shape index (κ2) is 46.4. The standard InChI is InChI=1S/C19H40.C15H32.C9H20/c1-4-6-8-10-12-14-16-18-19(3)17-15-13-11-9-7-5-2;1-4-5-6-7-8-9-10-11-12-13-14-15(2)3;1-3-5-7-9-8-6-4-2/h19H,4-18H2,1-3H3;15H,4-14H2,1-3H3;3-9H2,1-2H3. The van der Waals surface area contributed by atoms with Crippen molar-refractivity contribution in [3.05, 3.63) is 0 Å². The van der Waals surface area contributed by atoms with E-state index in [-0.39, 0.29) is 0 Å². The van der Waals surface area contributed by atoms with Gasteiger partial charge in [0.1, 0.15) is 0 Å². The first-order chi connectivity index (χ1) is 21.0. The summed E-state index contributed by atoms with van der Waals surface area (Å²) >= 11 is 0. The Morgan fingerprint density at radius 1 is 0.233 bits per heavy atom. The lowest BCUT2D eigenvalue weighted by Gasteiger charge is -2.11. The summed E-state index contributed by atoms with van der Waals surface area (Å²) in [6, 6.07) is 0. The number of rotatable bonds is 32. The molecule has 0 heteroatoms. The molecule has 0 saturated carbocycles. The van der Waals surface area contributed by atoms with Crippen molar-refractivity contribution in [3.8, 4) is 0 Å². The van der Waals surface area contributed by atoms with Crippen LogP contribution in [-0.2, 0) is 0 Å². The Hall–Kier alpha value is 0. The molecule has 0 rings (SSSR count). The minimum atomic E-state index is 0.902. The van der Waals surface area contributed by atoms with Crippen LogP contribution >= 0.6 is 0 Å². The topological polar surface area (TPSA) is 0 Å². The minimum Gasteiger partial charge on any atom is -0.0654 e. The van der Waals surface area contributed by atoms with Crippen molar-refractivity contribution in [2.24, 2.45) is 11.8 Å². The fourth-order valence-corrected chi connectivity index (χ4v) is 5.94. The minimum absolute atomic E-state index is 0.902. The molecule has 0 nitrogen and oxygen atoms in total. The molecule has 0 N–H and O–H groups in total. The molecule has 0 spiro atoms. The molecular weight excluding hydrogens is 516 g/mol. The molecule has 0 aromatic carbocycles. The molecule has 1 unspecified atom stereocenters. The zero-order valence-corrected chi connectivity index (χ0v) is 32.5. The quantitative estimate of drug-likeness (QED) is 0.0666. The summed E-state index contributed by atoms with van der Waals surface area (Å²) in [5.41, 5.74) is 0. The van der Waals surface area contributed by atoms with Crippen molar-refractivity contribution in [1.82, 2.24) is 0 Å². The Labute approximate surface area is 278 Å². The highest BCUT2D eigenvalue weighted by molar-refractivity contribution is 4.56. The van der Waals surface area contributed by atoms with Gasteiger partial charge in [-0.2, -0.15) is 0 Å². The van der Waals surface area contributed by atoms with Gasteiger partial charge in [0.25, 0.3) is 0 Å².